The van der Waals surface area contributed by atoms with E-state index in [1.54, 1.807) is 0 Å². The Balaban J connectivity index is 0.00000110. The van der Waals surface area contributed by atoms with Crippen molar-refractivity contribution in [1.29, 1.82) is 0 Å². The zero-order valence-electron chi connectivity index (χ0n) is 9.93. The Morgan fingerprint density at radius 2 is 0.474 bits per heavy atom. The van der Waals surface area contributed by atoms with Crippen LogP contribution in [0.3, 0.4) is 0 Å². The molecule has 0 amide bonds. The van der Waals surface area contributed by atoms with Crippen LogP contribution in [0.25, 0.3) is 32.3 Å². The van der Waals surface area contributed by atoms with Gasteiger partial charge in [0.1, 0.15) is 0 Å². The number of fused-ring (bicyclic) bond motifs is 6. The van der Waals surface area contributed by atoms with Crippen LogP contribution in [0.4, 0.5) is 0 Å². The molecule has 0 nitrogen and oxygen atoms in total. The fourth-order valence-corrected chi connectivity index (χ4v) is 2.86. The molecule has 4 rings (SSSR count). The Morgan fingerprint density at radius 3 is 0.632 bits per heavy atom. The summed E-state index contributed by atoms with van der Waals surface area (Å²) in [5.41, 5.74) is 0. The zero-order chi connectivity index (χ0) is 11.9. The van der Waals surface area contributed by atoms with Crippen molar-refractivity contribution < 1.29 is 0 Å². The summed E-state index contributed by atoms with van der Waals surface area (Å²) >= 11 is 0. The lowest BCUT2D eigenvalue weighted by Gasteiger charge is -2.09. The maximum absolute atomic E-state index is 2.21. The molecule has 0 aliphatic heterocycles. The highest BCUT2D eigenvalue weighted by Gasteiger charge is 2.06. The summed E-state index contributed by atoms with van der Waals surface area (Å²) in [5, 5.41) is 8.04. The molecule has 0 aromatic heterocycles. The molecule has 0 fully saturated rings. The van der Waals surface area contributed by atoms with Gasteiger partial charge in [-0.25, -0.2) is 0 Å². The molecule has 4 aromatic rings. The van der Waals surface area contributed by atoms with Crippen LogP contribution >= 0.6 is 0 Å². The van der Waals surface area contributed by atoms with Gasteiger partial charge in [-0.05, 0) is 43.3 Å². The number of benzene rings is 4. The molecule has 0 heterocycles. The topological polar surface area (TPSA) is 0 Å². The predicted octanol–water partition coefficient (Wildman–Crippen LogP) is 3.69. The van der Waals surface area contributed by atoms with E-state index >= 15 is 0 Å². The number of hydrogen-bond donors (Lipinski definition) is 0. The summed E-state index contributed by atoms with van der Waals surface area (Å²) in [6.45, 7) is 0. The first-order valence-corrected chi connectivity index (χ1v) is 6.23. The van der Waals surface area contributed by atoms with Crippen molar-refractivity contribution in [3.63, 3.8) is 0 Å². The largest absolute Gasteiger partial charge is 0.0616 e. The molecule has 0 N–H and O–H groups in total. The summed E-state index contributed by atoms with van der Waals surface area (Å²) < 4.78 is 0. The van der Waals surface area contributed by atoms with Crippen molar-refractivity contribution in [2.45, 2.75) is 0 Å². The van der Waals surface area contributed by atoms with Gasteiger partial charge in [-0.15, -0.1) is 0 Å². The van der Waals surface area contributed by atoms with Crippen LogP contribution in [0.15, 0.2) is 72.8 Å². The lowest BCUT2D eigenvalue weighted by atomic mass is 9.95. The van der Waals surface area contributed by atoms with Crippen LogP contribution in [0.2, 0.25) is 0 Å². The summed E-state index contributed by atoms with van der Waals surface area (Å²) in [5.74, 6) is 0. The Labute approximate surface area is 116 Å². The molecule has 0 atom stereocenters. The molecule has 0 unspecified atom stereocenters. The van der Waals surface area contributed by atoms with Gasteiger partial charge < -0.3 is 0 Å². The minimum Gasteiger partial charge on any atom is -0.0616 e. The lowest BCUT2D eigenvalue weighted by molar-refractivity contribution is 1.77. The summed E-state index contributed by atoms with van der Waals surface area (Å²) in [7, 11) is 0. The standard InChI is InChI=1S/C18H12.H4Si/c1-2-8-14-13(7-1)15-9-3-4-11-17(15)18-12-6-5-10-16(14)18;/h1-12H;1H4. The SMILES string of the molecule is [SiH4].c1ccc2c(c1)c1ccccc1c1ccccc21. The fraction of sp³-hybridized carbons (Fsp3) is 0. The van der Waals surface area contributed by atoms with Gasteiger partial charge in [-0.1, -0.05) is 72.8 Å². The van der Waals surface area contributed by atoms with E-state index in [0.717, 1.165) is 0 Å². The van der Waals surface area contributed by atoms with E-state index in [4.69, 9.17) is 0 Å². The second kappa shape index (κ2) is 4.52. The molecule has 0 spiro atoms. The quantitative estimate of drug-likeness (QED) is 0.334. The minimum absolute atomic E-state index is 0. The molecule has 0 aliphatic rings. The van der Waals surface area contributed by atoms with E-state index in [-0.39, 0.29) is 11.0 Å². The smallest absolute Gasteiger partial charge is 0.00990 e. The van der Waals surface area contributed by atoms with Crippen molar-refractivity contribution >= 4 is 43.3 Å². The third kappa shape index (κ3) is 1.66. The lowest BCUT2D eigenvalue weighted by Crippen LogP contribution is -1.81. The van der Waals surface area contributed by atoms with Crippen LogP contribution in [0, 0.1) is 0 Å². The average molecular weight is 260 g/mol. The Bertz CT molecular complexity index is 657. The van der Waals surface area contributed by atoms with Crippen LogP contribution < -0.4 is 0 Å². The molecule has 4 aromatic carbocycles. The van der Waals surface area contributed by atoms with Gasteiger partial charge in [0.05, 0.1) is 0 Å². The summed E-state index contributed by atoms with van der Waals surface area (Å²) in [6, 6.07) is 26.0. The van der Waals surface area contributed by atoms with Crippen molar-refractivity contribution in [3.8, 4) is 0 Å². The second-order valence-corrected chi connectivity index (χ2v) is 4.64. The molecule has 0 bridgehead atoms. The van der Waals surface area contributed by atoms with E-state index in [2.05, 4.69) is 72.8 Å². The number of rotatable bonds is 0. The molecular formula is C18H16Si. The first kappa shape index (κ1) is 11.9. The van der Waals surface area contributed by atoms with Crippen molar-refractivity contribution in [1.82, 2.24) is 0 Å². The highest BCUT2D eigenvalue weighted by atomic mass is 28.1. The van der Waals surface area contributed by atoms with Gasteiger partial charge in [0.2, 0.25) is 0 Å². The van der Waals surface area contributed by atoms with Crippen LogP contribution in [-0.4, -0.2) is 11.0 Å². The van der Waals surface area contributed by atoms with Gasteiger partial charge in [0.25, 0.3) is 0 Å². The highest BCUT2D eigenvalue weighted by Crippen LogP contribution is 2.34. The molecule has 0 aliphatic carbocycles. The van der Waals surface area contributed by atoms with Crippen molar-refractivity contribution in [3.05, 3.63) is 72.8 Å². The van der Waals surface area contributed by atoms with Gasteiger partial charge in [-0.2, -0.15) is 0 Å². The molecule has 19 heavy (non-hydrogen) atoms. The maximum Gasteiger partial charge on any atom is -0.00990 e. The van der Waals surface area contributed by atoms with Crippen LogP contribution in [0.1, 0.15) is 0 Å². The normalized spacial score (nSPS) is 10.7. The molecule has 0 saturated carbocycles. The second-order valence-electron chi connectivity index (χ2n) is 4.64. The Hall–Kier alpha value is -2.12. The first-order chi connectivity index (χ1) is 8.95. The summed E-state index contributed by atoms with van der Waals surface area (Å²) in [6.07, 6.45) is 0. The predicted molar refractivity (Wildman–Crippen MR) is 90.3 cm³/mol. The third-order valence-corrected chi connectivity index (χ3v) is 3.65. The molecule has 0 radical (unpaired) electrons. The highest BCUT2D eigenvalue weighted by molar-refractivity contribution is 6.25. The van der Waals surface area contributed by atoms with Crippen molar-refractivity contribution in [2.24, 2.45) is 0 Å². The maximum atomic E-state index is 2.21. The van der Waals surface area contributed by atoms with Crippen LogP contribution in [0.5, 0.6) is 0 Å². The van der Waals surface area contributed by atoms with Gasteiger partial charge >= 0.3 is 0 Å². The van der Waals surface area contributed by atoms with Crippen molar-refractivity contribution in [2.75, 3.05) is 0 Å². The number of hydrogen-bond acceptors (Lipinski definition) is 0. The van der Waals surface area contributed by atoms with E-state index in [1.807, 2.05) is 0 Å². The summed E-state index contributed by atoms with van der Waals surface area (Å²) in [4.78, 5) is 0. The van der Waals surface area contributed by atoms with Crippen LogP contribution in [-0.2, 0) is 0 Å². The molecular weight excluding hydrogens is 244 g/mol. The van der Waals surface area contributed by atoms with E-state index < -0.39 is 0 Å². The van der Waals surface area contributed by atoms with Gasteiger partial charge in [-0.3, -0.25) is 0 Å². The minimum atomic E-state index is 0. The molecule has 1 heteroatoms. The Morgan fingerprint density at radius 1 is 0.316 bits per heavy atom. The fourth-order valence-electron chi connectivity index (χ4n) is 2.86. The van der Waals surface area contributed by atoms with E-state index in [1.165, 1.54) is 32.3 Å². The van der Waals surface area contributed by atoms with E-state index in [9.17, 15) is 0 Å². The molecule has 92 valence electrons. The zero-order valence-corrected chi connectivity index (χ0v) is 9.93. The Kier molecular flexibility index (Phi) is 2.84. The molecule has 0 saturated heterocycles. The average Bonchev–Trinajstić information content (AvgIpc) is 2.48. The monoisotopic (exact) mass is 260 g/mol. The third-order valence-electron chi connectivity index (χ3n) is 3.65. The van der Waals surface area contributed by atoms with E-state index in [0.29, 0.717) is 0 Å². The van der Waals surface area contributed by atoms with Gasteiger partial charge in [0.15, 0.2) is 0 Å². The first-order valence-electron chi connectivity index (χ1n) is 6.23. The van der Waals surface area contributed by atoms with Gasteiger partial charge in [0, 0.05) is 0 Å².